The third kappa shape index (κ3) is 2.17. The van der Waals surface area contributed by atoms with E-state index in [9.17, 15) is 4.79 Å². The molecule has 0 atom stereocenters. The molecule has 3 aromatic rings. The summed E-state index contributed by atoms with van der Waals surface area (Å²) in [4.78, 5) is 17.2. The minimum absolute atomic E-state index is 0.0170. The van der Waals surface area contributed by atoms with Crippen molar-refractivity contribution in [2.75, 3.05) is 0 Å². The van der Waals surface area contributed by atoms with Gasteiger partial charge in [0.05, 0.1) is 5.69 Å². The molecular formula is C20H22N6O. The van der Waals surface area contributed by atoms with E-state index in [-0.39, 0.29) is 11.1 Å². The van der Waals surface area contributed by atoms with Crippen molar-refractivity contribution >= 4 is 10.8 Å². The fourth-order valence-electron chi connectivity index (χ4n) is 6.46. The molecule has 0 aromatic carbocycles. The third-order valence-corrected chi connectivity index (χ3v) is 7.13. The lowest BCUT2D eigenvalue weighted by atomic mass is 9.53. The molecule has 4 bridgehead atoms. The van der Waals surface area contributed by atoms with Crippen molar-refractivity contribution in [3.63, 3.8) is 0 Å². The summed E-state index contributed by atoms with van der Waals surface area (Å²) in [6.45, 7) is 1.90. The van der Waals surface area contributed by atoms with E-state index < -0.39 is 0 Å². The van der Waals surface area contributed by atoms with Crippen molar-refractivity contribution in [3.05, 3.63) is 41.0 Å². The summed E-state index contributed by atoms with van der Waals surface area (Å²) in [5.74, 6) is 2.98. The molecule has 7 nitrogen and oxygen atoms in total. The fraction of sp³-hybridized carbons (Fsp3) is 0.550. The predicted octanol–water partition coefficient (Wildman–Crippen LogP) is 2.61. The summed E-state index contributed by atoms with van der Waals surface area (Å²) in [5, 5.41) is 14.6. The van der Waals surface area contributed by atoms with Gasteiger partial charge in [0.15, 0.2) is 5.82 Å². The van der Waals surface area contributed by atoms with Gasteiger partial charge in [0.25, 0.3) is 5.56 Å². The van der Waals surface area contributed by atoms with Gasteiger partial charge in [-0.3, -0.25) is 4.79 Å². The van der Waals surface area contributed by atoms with Gasteiger partial charge in [0.1, 0.15) is 12.7 Å². The zero-order chi connectivity index (χ0) is 18.2. The first-order valence-corrected chi connectivity index (χ1v) is 9.86. The molecule has 0 unspecified atom stereocenters. The van der Waals surface area contributed by atoms with Gasteiger partial charge in [-0.25, -0.2) is 9.67 Å². The Kier molecular flexibility index (Phi) is 3.01. The second-order valence-corrected chi connectivity index (χ2v) is 8.90. The first-order chi connectivity index (χ1) is 13.1. The summed E-state index contributed by atoms with van der Waals surface area (Å²) < 4.78 is 3.67. The van der Waals surface area contributed by atoms with E-state index >= 15 is 0 Å². The second kappa shape index (κ2) is 5.24. The van der Waals surface area contributed by atoms with Gasteiger partial charge in [-0.2, -0.15) is 10.2 Å². The molecule has 4 saturated carbocycles. The highest BCUT2D eigenvalue weighted by atomic mass is 16.1. The Bertz CT molecular complexity index is 1060. The van der Waals surface area contributed by atoms with E-state index in [2.05, 4.69) is 20.3 Å². The molecule has 0 N–H and O–H groups in total. The molecule has 3 heterocycles. The van der Waals surface area contributed by atoms with Crippen molar-refractivity contribution in [2.45, 2.75) is 51.0 Å². The van der Waals surface area contributed by atoms with Crippen LogP contribution < -0.4 is 5.56 Å². The molecule has 4 aliphatic carbocycles. The maximum Gasteiger partial charge on any atom is 0.251 e. The number of fused-ring (bicyclic) bond motifs is 1. The summed E-state index contributed by atoms with van der Waals surface area (Å²) in [6, 6.07) is 1.75. The Labute approximate surface area is 156 Å². The van der Waals surface area contributed by atoms with Crippen LogP contribution in [0, 0.1) is 24.7 Å². The van der Waals surface area contributed by atoms with Gasteiger partial charge in [0.2, 0.25) is 0 Å². The number of pyridine rings is 1. The van der Waals surface area contributed by atoms with E-state index in [0.29, 0.717) is 5.82 Å². The van der Waals surface area contributed by atoms with Crippen LogP contribution in [0.4, 0.5) is 0 Å². The van der Waals surface area contributed by atoms with Crippen molar-refractivity contribution in [3.8, 4) is 5.82 Å². The normalized spacial score (nSPS) is 31.7. The summed E-state index contributed by atoms with van der Waals surface area (Å²) >= 11 is 0. The Morgan fingerprint density at radius 3 is 2.37 bits per heavy atom. The van der Waals surface area contributed by atoms with Crippen molar-refractivity contribution in [2.24, 2.45) is 17.8 Å². The van der Waals surface area contributed by atoms with Gasteiger partial charge in [-0.05, 0) is 63.2 Å². The average molecular weight is 362 g/mol. The largest absolute Gasteiger partial charge is 0.309 e. The van der Waals surface area contributed by atoms with E-state index in [1.807, 2.05) is 17.7 Å². The molecule has 0 spiro atoms. The molecule has 0 saturated heterocycles. The molecule has 3 aromatic heterocycles. The highest BCUT2D eigenvalue weighted by Crippen LogP contribution is 2.58. The minimum atomic E-state index is -0.0170. The number of aryl methyl sites for hydroxylation is 1. The lowest BCUT2D eigenvalue weighted by Crippen LogP contribution is -2.54. The second-order valence-electron chi connectivity index (χ2n) is 8.90. The lowest BCUT2D eigenvalue weighted by molar-refractivity contribution is -0.0446. The van der Waals surface area contributed by atoms with Gasteiger partial charge in [-0.15, -0.1) is 5.10 Å². The fourth-order valence-corrected chi connectivity index (χ4v) is 6.46. The summed E-state index contributed by atoms with van der Waals surface area (Å²) in [7, 11) is 0. The molecule has 4 aliphatic rings. The summed E-state index contributed by atoms with van der Waals surface area (Å²) in [6.07, 6.45) is 12.6. The van der Waals surface area contributed by atoms with Crippen LogP contribution in [0.5, 0.6) is 0 Å². The monoisotopic (exact) mass is 362 g/mol. The van der Waals surface area contributed by atoms with Crippen molar-refractivity contribution in [1.82, 2.24) is 29.5 Å². The Morgan fingerprint density at radius 2 is 1.74 bits per heavy atom. The van der Waals surface area contributed by atoms with Gasteiger partial charge < -0.3 is 4.57 Å². The van der Waals surface area contributed by atoms with E-state index in [1.54, 1.807) is 17.1 Å². The van der Waals surface area contributed by atoms with Crippen LogP contribution in [0.2, 0.25) is 0 Å². The molecule has 4 fully saturated rings. The molecule has 0 radical (unpaired) electrons. The molecule has 138 valence electrons. The van der Waals surface area contributed by atoms with E-state index in [0.717, 1.165) is 53.5 Å². The number of aromatic nitrogens is 6. The van der Waals surface area contributed by atoms with Crippen LogP contribution >= 0.6 is 0 Å². The van der Waals surface area contributed by atoms with Crippen LogP contribution in [-0.4, -0.2) is 29.5 Å². The van der Waals surface area contributed by atoms with Crippen LogP contribution in [0.25, 0.3) is 16.6 Å². The molecule has 27 heavy (non-hydrogen) atoms. The van der Waals surface area contributed by atoms with Gasteiger partial charge in [0, 0.05) is 28.6 Å². The maximum atomic E-state index is 13.2. The molecule has 7 heteroatoms. The van der Waals surface area contributed by atoms with Crippen molar-refractivity contribution in [1.29, 1.82) is 0 Å². The van der Waals surface area contributed by atoms with Crippen LogP contribution in [0.1, 0.15) is 44.2 Å². The number of hydrogen-bond donors (Lipinski definition) is 0. The predicted molar refractivity (Wildman–Crippen MR) is 99.6 cm³/mol. The quantitative estimate of drug-likeness (QED) is 0.700. The molecule has 0 aliphatic heterocycles. The van der Waals surface area contributed by atoms with E-state index in [4.69, 9.17) is 0 Å². The van der Waals surface area contributed by atoms with Gasteiger partial charge in [-0.1, -0.05) is 0 Å². The highest BCUT2D eigenvalue weighted by molar-refractivity contribution is 5.89. The summed E-state index contributed by atoms with van der Waals surface area (Å²) in [5.41, 5.74) is 0.838. The highest BCUT2D eigenvalue weighted by Gasteiger charge is 2.52. The zero-order valence-corrected chi connectivity index (χ0v) is 15.4. The molecule has 7 rings (SSSR count). The third-order valence-electron chi connectivity index (χ3n) is 7.13. The lowest BCUT2D eigenvalue weighted by Gasteiger charge is -2.57. The smallest absolute Gasteiger partial charge is 0.251 e. The Hall–Kier alpha value is -2.57. The molecule has 0 amide bonds. The number of hydrogen-bond acceptors (Lipinski definition) is 5. The topological polar surface area (TPSA) is 78.5 Å². The Balaban J connectivity index is 1.59. The van der Waals surface area contributed by atoms with Crippen LogP contribution in [0.3, 0.4) is 0 Å². The number of nitrogens with zero attached hydrogens (tertiary/aromatic N) is 6. The number of rotatable bonds is 2. The average Bonchev–Trinajstić information content (AvgIpc) is 3.15. The Morgan fingerprint density at radius 1 is 1.04 bits per heavy atom. The standard InChI is InChI=1S/C20H22N6O/c1-12-16-5-18(27)25(9-17(16)19(24-23-12)26-11-21-10-22-26)20-6-13-2-14(7-20)4-15(3-13)8-20/h5,9-11,13-15H,2-4,6-8H2,1H3. The first-order valence-electron chi connectivity index (χ1n) is 9.86. The van der Waals surface area contributed by atoms with Crippen molar-refractivity contribution < 1.29 is 0 Å². The van der Waals surface area contributed by atoms with Crippen LogP contribution in [0.15, 0.2) is 29.7 Å². The SMILES string of the molecule is Cc1nnc(-n2cncn2)c2cn(C34CC5CC(CC(C5)C3)C4)c(=O)cc12. The van der Waals surface area contributed by atoms with E-state index in [1.165, 1.54) is 25.6 Å². The van der Waals surface area contributed by atoms with Crippen LogP contribution in [-0.2, 0) is 5.54 Å². The maximum absolute atomic E-state index is 13.2. The minimum Gasteiger partial charge on any atom is -0.309 e. The van der Waals surface area contributed by atoms with Gasteiger partial charge >= 0.3 is 0 Å². The zero-order valence-electron chi connectivity index (χ0n) is 15.4. The first kappa shape index (κ1) is 15.5. The molecular weight excluding hydrogens is 340 g/mol.